The standard InChI is InChI=1S/C32H22N4O11S3/c37-24-16-11-20-3-1-5-25(48(39,40)41)28(20)30(24)35-33-22-12-7-18(8-13-22)19-9-14-23(15-10-19)34-36-31-27(50(45,46)47)17-21-4-2-6-26(49(42,43)44)29(21)32(31)38/h1-17,33-34H,(H,39,40,41)(H,42,43,44)(H,45,46,47). The number of Topliss-reactive ketones (excluding diaryl/α,β-unsaturated/α-hetero) is 1. The molecule has 254 valence electrons. The molecular formula is C32H22N4O11S3. The molecule has 6 rings (SSSR count). The van der Waals surface area contributed by atoms with Crippen molar-refractivity contribution in [2.24, 2.45) is 10.2 Å². The van der Waals surface area contributed by atoms with Crippen molar-refractivity contribution in [1.29, 1.82) is 0 Å². The largest absolute Gasteiger partial charge is 0.296 e. The molecular weight excluding hydrogens is 713 g/mol. The lowest BCUT2D eigenvalue weighted by molar-refractivity contribution is -0.108. The Bertz CT molecular complexity index is 2580. The Morgan fingerprint density at radius 2 is 1.00 bits per heavy atom. The number of hydrogen-bond donors (Lipinski definition) is 5. The Morgan fingerprint density at radius 1 is 0.520 bits per heavy atom. The maximum atomic E-state index is 13.3. The van der Waals surface area contributed by atoms with Gasteiger partial charge in [-0.1, -0.05) is 54.6 Å². The second-order valence-corrected chi connectivity index (χ2v) is 14.9. The van der Waals surface area contributed by atoms with Crippen molar-refractivity contribution < 1.29 is 48.5 Å². The Hall–Kier alpha value is -5.63. The fourth-order valence-corrected chi connectivity index (χ4v) is 7.32. The SMILES string of the molecule is O=C1C=Cc2cccc(S(=O)(=O)O)c2C1=NNc1ccc(-c2ccc(NN=C3C(=O)c4c(cccc4S(=O)(=O)O)C=C3S(=O)(=O)O)cc2)cc1. The van der Waals surface area contributed by atoms with Gasteiger partial charge in [-0.3, -0.25) is 34.1 Å². The lowest BCUT2D eigenvalue weighted by Crippen LogP contribution is -2.28. The average Bonchev–Trinajstić information content (AvgIpc) is 3.06. The third kappa shape index (κ3) is 6.79. The smallest absolute Gasteiger partial charge is 0.287 e. The summed E-state index contributed by atoms with van der Waals surface area (Å²) < 4.78 is 101. The van der Waals surface area contributed by atoms with E-state index in [0.29, 0.717) is 16.8 Å². The van der Waals surface area contributed by atoms with E-state index in [1.165, 1.54) is 36.4 Å². The van der Waals surface area contributed by atoms with E-state index in [-0.39, 0.29) is 22.5 Å². The monoisotopic (exact) mass is 734 g/mol. The van der Waals surface area contributed by atoms with Gasteiger partial charge < -0.3 is 0 Å². The summed E-state index contributed by atoms with van der Waals surface area (Å²) >= 11 is 0. The first kappa shape index (κ1) is 34.2. The molecule has 2 aliphatic carbocycles. The van der Waals surface area contributed by atoms with E-state index in [1.807, 2.05) is 0 Å². The quantitative estimate of drug-likeness (QED) is 0.126. The molecule has 50 heavy (non-hydrogen) atoms. The first-order valence-corrected chi connectivity index (χ1v) is 18.4. The molecule has 5 N–H and O–H groups in total. The third-order valence-corrected chi connectivity index (χ3v) is 10.2. The van der Waals surface area contributed by atoms with Crippen LogP contribution in [0.3, 0.4) is 0 Å². The van der Waals surface area contributed by atoms with Crippen LogP contribution in [0, 0.1) is 0 Å². The zero-order valence-electron chi connectivity index (χ0n) is 25.0. The second-order valence-electron chi connectivity index (χ2n) is 10.7. The van der Waals surface area contributed by atoms with E-state index in [2.05, 4.69) is 21.1 Å². The summed E-state index contributed by atoms with van der Waals surface area (Å²) in [5.74, 6) is -1.74. The van der Waals surface area contributed by atoms with Crippen LogP contribution in [0.2, 0.25) is 0 Å². The molecule has 4 aromatic carbocycles. The van der Waals surface area contributed by atoms with Crippen molar-refractivity contribution in [3.05, 3.63) is 118 Å². The minimum Gasteiger partial charge on any atom is -0.287 e. The number of rotatable bonds is 8. The van der Waals surface area contributed by atoms with Gasteiger partial charge in [0.05, 0.1) is 16.9 Å². The van der Waals surface area contributed by atoms with Gasteiger partial charge in [-0.05, 0) is 70.8 Å². The van der Waals surface area contributed by atoms with Crippen molar-refractivity contribution in [2.45, 2.75) is 9.79 Å². The van der Waals surface area contributed by atoms with E-state index >= 15 is 0 Å². The van der Waals surface area contributed by atoms with Gasteiger partial charge >= 0.3 is 0 Å². The number of hydrazone groups is 2. The summed E-state index contributed by atoms with van der Waals surface area (Å²) in [5, 5.41) is 7.98. The highest BCUT2D eigenvalue weighted by Crippen LogP contribution is 2.31. The highest BCUT2D eigenvalue weighted by molar-refractivity contribution is 7.91. The predicted octanol–water partition coefficient (Wildman–Crippen LogP) is 4.15. The Morgan fingerprint density at radius 3 is 1.50 bits per heavy atom. The van der Waals surface area contributed by atoms with Crippen molar-refractivity contribution >= 4 is 76.9 Å². The van der Waals surface area contributed by atoms with Gasteiger partial charge in [0.1, 0.15) is 20.4 Å². The van der Waals surface area contributed by atoms with Gasteiger partial charge in [-0.25, -0.2) is 0 Å². The van der Waals surface area contributed by atoms with E-state index < -0.39 is 67.9 Å². The molecule has 0 heterocycles. The van der Waals surface area contributed by atoms with E-state index in [9.17, 15) is 48.5 Å². The molecule has 18 heteroatoms. The second kappa shape index (κ2) is 12.7. The van der Waals surface area contributed by atoms with Crippen LogP contribution in [-0.4, -0.2) is 61.9 Å². The van der Waals surface area contributed by atoms with Gasteiger partial charge in [0.15, 0.2) is 5.71 Å². The van der Waals surface area contributed by atoms with Crippen LogP contribution in [0.1, 0.15) is 27.0 Å². The Labute approximate surface area is 284 Å². The summed E-state index contributed by atoms with van der Waals surface area (Å²) in [6.07, 6.45) is 3.53. The lowest BCUT2D eigenvalue weighted by Gasteiger charge is -2.18. The number of nitrogens with zero attached hydrogens (tertiary/aromatic N) is 2. The van der Waals surface area contributed by atoms with Gasteiger partial charge in [-0.15, -0.1) is 0 Å². The molecule has 0 bridgehead atoms. The molecule has 15 nitrogen and oxygen atoms in total. The zero-order chi connectivity index (χ0) is 36.0. The summed E-state index contributed by atoms with van der Waals surface area (Å²) in [6.45, 7) is 0. The van der Waals surface area contributed by atoms with Gasteiger partial charge in [0.2, 0.25) is 11.6 Å². The number of nitrogens with one attached hydrogen (secondary N) is 2. The van der Waals surface area contributed by atoms with Crippen molar-refractivity contribution in [1.82, 2.24) is 0 Å². The molecule has 0 aromatic heterocycles. The maximum Gasteiger partial charge on any atom is 0.296 e. The fourth-order valence-electron chi connectivity index (χ4n) is 5.22. The Kier molecular flexibility index (Phi) is 8.68. The summed E-state index contributed by atoms with van der Waals surface area (Å²) in [7, 11) is -14.5. The first-order valence-electron chi connectivity index (χ1n) is 14.1. The number of fused-ring (bicyclic) bond motifs is 2. The van der Waals surface area contributed by atoms with Crippen LogP contribution in [0.25, 0.3) is 23.3 Å². The number of carbonyl (C=O) groups is 2. The molecule has 0 spiro atoms. The van der Waals surface area contributed by atoms with Gasteiger partial charge in [0, 0.05) is 5.56 Å². The number of ketones is 2. The highest BCUT2D eigenvalue weighted by atomic mass is 32.2. The zero-order valence-corrected chi connectivity index (χ0v) is 27.5. The molecule has 0 atom stereocenters. The van der Waals surface area contributed by atoms with Crippen LogP contribution >= 0.6 is 0 Å². The van der Waals surface area contributed by atoms with Crippen molar-refractivity contribution in [2.75, 3.05) is 10.9 Å². The molecule has 0 saturated carbocycles. The summed E-state index contributed by atoms with van der Waals surface area (Å²) in [4.78, 5) is 23.8. The van der Waals surface area contributed by atoms with E-state index in [4.69, 9.17) is 0 Å². The van der Waals surface area contributed by atoms with Crippen LogP contribution < -0.4 is 10.9 Å². The first-order chi connectivity index (χ1) is 23.5. The molecule has 4 aromatic rings. The number of benzene rings is 4. The Balaban J connectivity index is 1.21. The van der Waals surface area contributed by atoms with E-state index in [0.717, 1.165) is 17.7 Å². The molecule has 0 aliphatic heterocycles. The molecule has 0 unspecified atom stereocenters. The van der Waals surface area contributed by atoms with Crippen LogP contribution in [0.15, 0.2) is 116 Å². The van der Waals surface area contributed by atoms with Crippen LogP contribution in [0.5, 0.6) is 0 Å². The minimum absolute atomic E-state index is 0.0313. The molecule has 0 saturated heterocycles. The third-order valence-electron chi connectivity index (χ3n) is 7.49. The lowest BCUT2D eigenvalue weighted by atomic mass is 9.94. The van der Waals surface area contributed by atoms with Gasteiger partial charge in [-0.2, -0.15) is 35.5 Å². The summed E-state index contributed by atoms with van der Waals surface area (Å²) in [6, 6.07) is 20.7. The fraction of sp³-hybridized carbons (Fsp3) is 0. The molecule has 0 amide bonds. The van der Waals surface area contributed by atoms with Crippen LogP contribution in [0.4, 0.5) is 11.4 Å². The molecule has 2 aliphatic rings. The van der Waals surface area contributed by atoms with Crippen molar-refractivity contribution in [3.8, 4) is 11.1 Å². The van der Waals surface area contributed by atoms with E-state index in [1.54, 1.807) is 54.6 Å². The number of carbonyl (C=O) groups excluding carboxylic acids is 2. The minimum atomic E-state index is -4.99. The van der Waals surface area contributed by atoms with Crippen molar-refractivity contribution in [3.63, 3.8) is 0 Å². The number of anilines is 2. The number of allylic oxidation sites excluding steroid dienone is 2. The molecule has 0 fully saturated rings. The van der Waals surface area contributed by atoms with Gasteiger partial charge in [0.25, 0.3) is 30.4 Å². The molecule has 0 radical (unpaired) electrons. The predicted molar refractivity (Wildman–Crippen MR) is 184 cm³/mol. The van der Waals surface area contributed by atoms with Crippen LogP contribution in [-0.2, 0) is 35.1 Å². The maximum absolute atomic E-state index is 13.3. The normalized spacial score (nSPS) is 16.2. The summed E-state index contributed by atoms with van der Waals surface area (Å²) in [5.41, 5.74) is 6.08. The highest BCUT2D eigenvalue weighted by Gasteiger charge is 2.36. The number of hydrogen-bond acceptors (Lipinski definition) is 12. The topological polar surface area (TPSA) is 246 Å². The average molecular weight is 735 g/mol.